The Kier molecular flexibility index (Phi) is 6.56. The molecule has 0 bridgehead atoms. The van der Waals surface area contributed by atoms with Crippen LogP contribution in [0.25, 0.3) is 0 Å². The molecule has 4 aromatic rings. The van der Waals surface area contributed by atoms with E-state index in [2.05, 4.69) is 30.7 Å². The van der Waals surface area contributed by atoms with Gasteiger partial charge in [0, 0.05) is 0 Å². The van der Waals surface area contributed by atoms with Gasteiger partial charge in [-0.15, -0.1) is 0 Å². The first-order valence-electron chi connectivity index (χ1n) is 10.1. The van der Waals surface area contributed by atoms with E-state index >= 15 is 0 Å². The molecule has 0 aliphatic rings. The van der Waals surface area contributed by atoms with Crippen LogP contribution in [0.15, 0.2) is 122 Å². The molecule has 0 saturated heterocycles. The fraction of sp³-hybridized carbons (Fsp3) is 0.0400. The van der Waals surface area contributed by atoms with E-state index in [0.29, 0.717) is 28.4 Å². The van der Waals surface area contributed by atoms with E-state index in [0.717, 1.165) is 11.3 Å². The molecule has 0 unspecified atom stereocenters. The summed E-state index contributed by atoms with van der Waals surface area (Å²) in [6, 6.07) is 25.8. The third-order valence-corrected chi connectivity index (χ3v) is 4.56. The van der Waals surface area contributed by atoms with E-state index in [1.54, 1.807) is 60.7 Å². The lowest BCUT2D eigenvalue weighted by Gasteiger charge is -2.00. The van der Waals surface area contributed by atoms with Crippen LogP contribution in [0, 0.1) is 6.92 Å². The van der Waals surface area contributed by atoms with Crippen molar-refractivity contribution in [3.05, 3.63) is 96.6 Å². The Morgan fingerprint density at radius 3 is 1.18 bits per heavy atom. The summed E-state index contributed by atoms with van der Waals surface area (Å²) in [4.78, 5) is 0. The van der Waals surface area contributed by atoms with Crippen LogP contribution >= 0.6 is 0 Å². The zero-order chi connectivity index (χ0) is 23.0. The van der Waals surface area contributed by atoms with Gasteiger partial charge in [-0.3, -0.25) is 0 Å². The molecule has 4 rings (SSSR count). The van der Waals surface area contributed by atoms with Crippen LogP contribution in [-0.2, 0) is 0 Å². The molecule has 0 fully saturated rings. The zero-order valence-electron chi connectivity index (χ0n) is 17.7. The van der Waals surface area contributed by atoms with Crippen molar-refractivity contribution in [1.29, 1.82) is 0 Å². The predicted molar refractivity (Wildman–Crippen MR) is 126 cm³/mol. The number of rotatable bonds is 6. The Labute approximate surface area is 190 Å². The second kappa shape index (κ2) is 10.1. The second-order valence-corrected chi connectivity index (χ2v) is 7.12. The van der Waals surface area contributed by atoms with Gasteiger partial charge in [0.05, 0.1) is 34.1 Å². The van der Waals surface area contributed by atoms with Crippen molar-refractivity contribution in [2.45, 2.75) is 6.92 Å². The van der Waals surface area contributed by atoms with Gasteiger partial charge in [-0.1, -0.05) is 0 Å². The van der Waals surface area contributed by atoms with Gasteiger partial charge in [-0.25, -0.2) is 0 Å². The van der Waals surface area contributed by atoms with Crippen molar-refractivity contribution in [3.8, 4) is 11.5 Å². The molecule has 0 atom stereocenters. The minimum atomic E-state index is 0.187. The third kappa shape index (κ3) is 6.14. The first-order chi connectivity index (χ1) is 16.0. The van der Waals surface area contributed by atoms with Crippen molar-refractivity contribution < 1.29 is 10.2 Å². The lowest BCUT2D eigenvalue weighted by Crippen LogP contribution is -1.74. The first kappa shape index (κ1) is 21.5. The van der Waals surface area contributed by atoms with Crippen LogP contribution in [-0.4, -0.2) is 10.2 Å². The summed E-state index contributed by atoms with van der Waals surface area (Å²) in [6.07, 6.45) is 0. The molecule has 0 saturated carbocycles. The topological polar surface area (TPSA) is 115 Å². The SMILES string of the molecule is Cc1cc(N=Nc2ccc(N=Nc3ccc(O)cc3)cc2)ccc1N=Nc1ccc(O)cc1. The van der Waals surface area contributed by atoms with Crippen molar-refractivity contribution in [3.63, 3.8) is 0 Å². The lowest BCUT2D eigenvalue weighted by molar-refractivity contribution is 0.475. The van der Waals surface area contributed by atoms with Crippen LogP contribution < -0.4 is 0 Å². The molecule has 0 aliphatic heterocycles. The number of hydrogen-bond donors (Lipinski definition) is 2. The Hall–Kier alpha value is -4.72. The van der Waals surface area contributed by atoms with Crippen molar-refractivity contribution in [2.24, 2.45) is 30.7 Å². The van der Waals surface area contributed by atoms with Gasteiger partial charge in [0.2, 0.25) is 0 Å². The van der Waals surface area contributed by atoms with E-state index in [1.165, 1.54) is 0 Å². The minimum absolute atomic E-state index is 0.187. The molecule has 0 aliphatic carbocycles. The Bertz CT molecular complexity index is 1310. The monoisotopic (exact) mass is 436 g/mol. The molecule has 0 aromatic heterocycles. The van der Waals surface area contributed by atoms with Crippen LogP contribution in [0.1, 0.15) is 5.56 Å². The number of phenolic OH excluding ortho intramolecular Hbond substituents is 2. The maximum Gasteiger partial charge on any atom is 0.115 e. The highest BCUT2D eigenvalue weighted by Gasteiger charge is 2.00. The highest BCUT2D eigenvalue weighted by molar-refractivity contribution is 5.54. The van der Waals surface area contributed by atoms with E-state index in [9.17, 15) is 10.2 Å². The second-order valence-electron chi connectivity index (χ2n) is 7.12. The third-order valence-electron chi connectivity index (χ3n) is 4.56. The van der Waals surface area contributed by atoms with Gasteiger partial charge in [0.1, 0.15) is 11.5 Å². The summed E-state index contributed by atoms with van der Waals surface area (Å²) >= 11 is 0. The average molecular weight is 436 g/mol. The summed E-state index contributed by atoms with van der Waals surface area (Å²) < 4.78 is 0. The van der Waals surface area contributed by atoms with Crippen LogP contribution in [0.2, 0.25) is 0 Å². The normalized spacial score (nSPS) is 11.7. The number of benzene rings is 4. The largest absolute Gasteiger partial charge is 0.508 e. The van der Waals surface area contributed by atoms with Crippen molar-refractivity contribution >= 4 is 34.1 Å². The molecule has 4 aromatic carbocycles. The van der Waals surface area contributed by atoms with Gasteiger partial charge < -0.3 is 10.2 Å². The number of phenols is 2. The number of azo groups is 3. The predicted octanol–water partition coefficient (Wildman–Crippen LogP) is 8.65. The highest BCUT2D eigenvalue weighted by atomic mass is 16.3. The number of aryl methyl sites for hydroxylation is 1. The Morgan fingerprint density at radius 1 is 0.424 bits per heavy atom. The summed E-state index contributed by atoms with van der Waals surface area (Å²) in [6.45, 7) is 1.93. The summed E-state index contributed by atoms with van der Waals surface area (Å²) in [5.41, 5.74) is 5.02. The van der Waals surface area contributed by atoms with Crippen LogP contribution in [0.5, 0.6) is 11.5 Å². The highest BCUT2D eigenvalue weighted by Crippen LogP contribution is 2.28. The van der Waals surface area contributed by atoms with Gasteiger partial charge >= 0.3 is 0 Å². The molecule has 8 nitrogen and oxygen atoms in total. The molecule has 2 N–H and O–H groups in total. The maximum atomic E-state index is 9.33. The quantitative estimate of drug-likeness (QED) is 0.294. The van der Waals surface area contributed by atoms with Crippen LogP contribution in [0.3, 0.4) is 0 Å². The van der Waals surface area contributed by atoms with E-state index in [1.807, 2.05) is 37.3 Å². The molecule has 0 amide bonds. The first-order valence-corrected chi connectivity index (χ1v) is 10.1. The number of aromatic hydroxyl groups is 2. The van der Waals surface area contributed by atoms with Gasteiger partial charge in [-0.2, -0.15) is 30.7 Å². The fourth-order valence-corrected chi connectivity index (χ4v) is 2.78. The van der Waals surface area contributed by atoms with Crippen molar-refractivity contribution in [2.75, 3.05) is 0 Å². The standard InChI is InChI=1S/C25H20N6O2/c1-17-16-22(10-15-25(17)31-29-21-8-13-24(33)14-9-21)30-28-19-4-2-18(3-5-19)26-27-20-6-11-23(32)12-7-20/h2-16,32-33H,1H3. The molecule has 0 radical (unpaired) electrons. The molecule has 0 spiro atoms. The van der Waals surface area contributed by atoms with Crippen molar-refractivity contribution in [1.82, 2.24) is 0 Å². The van der Waals surface area contributed by atoms with Gasteiger partial charge in [0.15, 0.2) is 0 Å². The molecule has 33 heavy (non-hydrogen) atoms. The van der Waals surface area contributed by atoms with E-state index in [-0.39, 0.29) is 11.5 Å². The zero-order valence-corrected chi connectivity index (χ0v) is 17.7. The molecule has 8 heteroatoms. The Balaban J connectivity index is 1.39. The lowest BCUT2D eigenvalue weighted by atomic mass is 10.2. The van der Waals surface area contributed by atoms with Crippen LogP contribution in [0.4, 0.5) is 34.1 Å². The average Bonchev–Trinajstić information content (AvgIpc) is 2.83. The molecule has 162 valence electrons. The molecular formula is C25H20N6O2. The number of hydrogen-bond acceptors (Lipinski definition) is 8. The van der Waals surface area contributed by atoms with E-state index in [4.69, 9.17) is 0 Å². The molecular weight excluding hydrogens is 416 g/mol. The maximum absolute atomic E-state index is 9.33. The van der Waals surface area contributed by atoms with E-state index < -0.39 is 0 Å². The fourth-order valence-electron chi connectivity index (χ4n) is 2.78. The summed E-state index contributed by atoms with van der Waals surface area (Å²) in [5.74, 6) is 0.375. The van der Waals surface area contributed by atoms with Gasteiger partial charge in [-0.05, 0) is 103 Å². The minimum Gasteiger partial charge on any atom is -0.508 e. The summed E-state index contributed by atoms with van der Waals surface area (Å²) in [5, 5.41) is 43.9. The number of nitrogens with zero attached hydrogens (tertiary/aromatic N) is 6. The Morgan fingerprint density at radius 2 is 0.758 bits per heavy atom. The van der Waals surface area contributed by atoms with Gasteiger partial charge in [0.25, 0.3) is 0 Å². The smallest absolute Gasteiger partial charge is 0.115 e. The molecule has 0 heterocycles. The summed E-state index contributed by atoms with van der Waals surface area (Å²) in [7, 11) is 0.